The van der Waals surface area contributed by atoms with E-state index in [9.17, 15) is 14.4 Å². The second-order valence-corrected chi connectivity index (χ2v) is 5.09. The lowest BCUT2D eigenvalue weighted by Gasteiger charge is -2.41. The van der Waals surface area contributed by atoms with Crippen molar-refractivity contribution in [2.75, 3.05) is 0 Å². The van der Waals surface area contributed by atoms with Crippen LogP contribution < -0.4 is 10.6 Å². The molecule has 1 fully saturated rings. The van der Waals surface area contributed by atoms with E-state index in [1.54, 1.807) is 0 Å². The van der Waals surface area contributed by atoms with E-state index in [2.05, 4.69) is 10.6 Å². The summed E-state index contributed by atoms with van der Waals surface area (Å²) in [6.07, 6.45) is 5.06. The highest BCUT2D eigenvalue weighted by molar-refractivity contribution is 5.94. The van der Waals surface area contributed by atoms with Crippen LogP contribution in [0.4, 0.5) is 4.79 Å². The van der Waals surface area contributed by atoms with Crippen molar-refractivity contribution in [2.24, 2.45) is 0 Å². The Kier molecular flexibility index (Phi) is 5.79. The molecule has 0 radical (unpaired) electrons. The van der Waals surface area contributed by atoms with E-state index < -0.39 is 12.0 Å². The maximum Gasteiger partial charge on any atom is 0.321 e. The van der Waals surface area contributed by atoms with E-state index in [4.69, 9.17) is 5.11 Å². The van der Waals surface area contributed by atoms with Crippen LogP contribution in [0.25, 0.3) is 0 Å². The highest BCUT2D eigenvalue weighted by Gasteiger charge is 2.36. The molecule has 0 bridgehead atoms. The summed E-state index contributed by atoms with van der Waals surface area (Å²) in [5, 5.41) is 13.6. The summed E-state index contributed by atoms with van der Waals surface area (Å²) in [7, 11) is 0. The number of amides is 3. The van der Waals surface area contributed by atoms with Gasteiger partial charge in [-0.15, -0.1) is 0 Å². The molecule has 1 saturated carbocycles. The molecule has 3 N–H and O–H groups in total. The molecule has 0 aliphatic heterocycles. The predicted molar refractivity (Wildman–Crippen MR) is 69.7 cm³/mol. The van der Waals surface area contributed by atoms with Gasteiger partial charge in [0.25, 0.3) is 0 Å². The molecule has 6 heteroatoms. The van der Waals surface area contributed by atoms with Gasteiger partial charge in [-0.05, 0) is 38.5 Å². The minimum Gasteiger partial charge on any atom is -0.481 e. The molecule has 6 nitrogen and oxygen atoms in total. The fourth-order valence-electron chi connectivity index (χ4n) is 2.19. The summed E-state index contributed by atoms with van der Waals surface area (Å²) in [6, 6.07) is -0.440. The van der Waals surface area contributed by atoms with Gasteiger partial charge in [0.05, 0.1) is 0 Å². The molecule has 0 heterocycles. The number of unbranched alkanes of at least 4 members (excludes halogenated alkanes) is 1. The number of urea groups is 1. The largest absolute Gasteiger partial charge is 0.481 e. The molecule has 0 aromatic heterocycles. The van der Waals surface area contributed by atoms with Gasteiger partial charge in [0.1, 0.15) is 0 Å². The molecule has 19 heavy (non-hydrogen) atoms. The lowest BCUT2D eigenvalue weighted by atomic mass is 9.75. The molecule has 0 aromatic rings. The number of carbonyl (C=O) groups excluding carboxylic acids is 2. The van der Waals surface area contributed by atoms with Gasteiger partial charge < -0.3 is 10.4 Å². The topological polar surface area (TPSA) is 95.5 Å². The summed E-state index contributed by atoms with van der Waals surface area (Å²) in [4.78, 5) is 33.4. The van der Waals surface area contributed by atoms with Crippen LogP contribution >= 0.6 is 0 Å². The van der Waals surface area contributed by atoms with Crippen LogP contribution in [-0.2, 0) is 9.59 Å². The summed E-state index contributed by atoms with van der Waals surface area (Å²) in [5.74, 6) is -1.22. The maximum absolute atomic E-state index is 11.6. The molecule has 1 aliphatic carbocycles. The number of imide groups is 1. The fraction of sp³-hybridized carbons (Fsp3) is 0.769. The average molecular weight is 270 g/mol. The Morgan fingerprint density at radius 1 is 1.16 bits per heavy atom. The number of nitrogens with one attached hydrogen (secondary N) is 2. The highest BCUT2D eigenvalue weighted by Crippen LogP contribution is 2.34. The zero-order valence-electron chi connectivity index (χ0n) is 11.3. The fourth-order valence-corrected chi connectivity index (χ4v) is 2.19. The van der Waals surface area contributed by atoms with Crippen molar-refractivity contribution in [1.82, 2.24) is 10.6 Å². The highest BCUT2D eigenvalue weighted by atomic mass is 16.4. The van der Waals surface area contributed by atoms with Crippen molar-refractivity contribution in [3.63, 3.8) is 0 Å². The zero-order chi connectivity index (χ0) is 14.3. The van der Waals surface area contributed by atoms with Gasteiger partial charge in [-0.25, -0.2) is 4.79 Å². The smallest absolute Gasteiger partial charge is 0.321 e. The minimum atomic E-state index is -0.868. The van der Waals surface area contributed by atoms with Crippen LogP contribution in [0.2, 0.25) is 0 Å². The third-order valence-corrected chi connectivity index (χ3v) is 3.66. The summed E-state index contributed by atoms with van der Waals surface area (Å²) in [5.41, 5.74) is -0.131. The predicted octanol–water partition coefficient (Wildman–Crippen LogP) is 1.79. The van der Waals surface area contributed by atoms with Gasteiger partial charge in [-0.2, -0.15) is 0 Å². The first-order valence-corrected chi connectivity index (χ1v) is 6.81. The third kappa shape index (κ3) is 5.28. The van der Waals surface area contributed by atoms with Gasteiger partial charge in [-0.3, -0.25) is 14.9 Å². The summed E-state index contributed by atoms with van der Waals surface area (Å²) < 4.78 is 0. The SMILES string of the molecule is CCC1(NC(=O)NC(=O)CCCCC(=O)O)CCC1. The van der Waals surface area contributed by atoms with E-state index in [1.807, 2.05) is 6.92 Å². The number of carboxylic acid groups (broad SMARTS) is 1. The van der Waals surface area contributed by atoms with Gasteiger partial charge in [-0.1, -0.05) is 6.92 Å². The number of rotatable bonds is 7. The van der Waals surface area contributed by atoms with Crippen molar-refractivity contribution in [2.45, 2.75) is 63.8 Å². The average Bonchev–Trinajstić information content (AvgIpc) is 2.29. The first-order chi connectivity index (χ1) is 8.97. The maximum atomic E-state index is 11.6. The van der Waals surface area contributed by atoms with Crippen LogP contribution in [-0.4, -0.2) is 28.6 Å². The second kappa shape index (κ2) is 7.11. The molecule has 0 atom stereocenters. The van der Waals surface area contributed by atoms with Crippen LogP contribution in [0.15, 0.2) is 0 Å². The standard InChI is InChI=1S/C13H22N2O4/c1-2-13(8-5-9-13)15-12(19)14-10(16)6-3-4-7-11(17)18/h2-9H2,1H3,(H,17,18)(H2,14,15,16,19). The third-order valence-electron chi connectivity index (χ3n) is 3.66. The number of carbonyl (C=O) groups is 3. The van der Waals surface area contributed by atoms with Gasteiger partial charge in [0.15, 0.2) is 0 Å². The Labute approximate surface area is 112 Å². The van der Waals surface area contributed by atoms with Crippen molar-refractivity contribution in [1.29, 1.82) is 0 Å². The number of aliphatic carboxylic acids is 1. The molecule has 0 spiro atoms. The monoisotopic (exact) mass is 270 g/mol. The van der Waals surface area contributed by atoms with Crippen LogP contribution in [0, 0.1) is 0 Å². The molecule has 0 saturated heterocycles. The summed E-state index contributed by atoms with van der Waals surface area (Å²) >= 11 is 0. The number of hydrogen-bond donors (Lipinski definition) is 3. The normalized spacial score (nSPS) is 16.3. The molecule has 3 amide bonds. The van der Waals surface area contributed by atoms with Crippen LogP contribution in [0.3, 0.4) is 0 Å². The van der Waals surface area contributed by atoms with E-state index in [1.165, 1.54) is 0 Å². The Balaban J connectivity index is 2.17. The first-order valence-electron chi connectivity index (χ1n) is 6.81. The van der Waals surface area contributed by atoms with Gasteiger partial charge in [0, 0.05) is 18.4 Å². The Morgan fingerprint density at radius 3 is 2.26 bits per heavy atom. The van der Waals surface area contributed by atoms with Gasteiger partial charge >= 0.3 is 12.0 Å². The molecular formula is C13H22N2O4. The van der Waals surface area contributed by atoms with E-state index in [0.29, 0.717) is 12.8 Å². The lowest BCUT2D eigenvalue weighted by molar-refractivity contribution is -0.137. The first kappa shape index (κ1) is 15.5. The Morgan fingerprint density at radius 2 is 1.79 bits per heavy atom. The molecule has 1 aliphatic rings. The molecule has 1 rings (SSSR count). The molecular weight excluding hydrogens is 248 g/mol. The van der Waals surface area contributed by atoms with Crippen molar-refractivity contribution < 1.29 is 19.5 Å². The van der Waals surface area contributed by atoms with Crippen molar-refractivity contribution in [3.8, 4) is 0 Å². The summed E-state index contributed by atoms with van der Waals surface area (Å²) in [6.45, 7) is 2.02. The van der Waals surface area contributed by atoms with Crippen LogP contribution in [0.5, 0.6) is 0 Å². The van der Waals surface area contributed by atoms with Crippen molar-refractivity contribution in [3.05, 3.63) is 0 Å². The molecule has 0 unspecified atom stereocenters. The van der Waals surface area contributed by atoms with E-state index >= 15 is 0 Å². The quantitative estimate of drug-likeness (QED) is 0.614. The lowest BCUT2D eigenvalue weighted by Crippen LogP contribution is -2.56. The molecule has 0 aromatic carbocycles. The number of hydrogen-bond acceptors (Lipinski definition) is 3. The van der Waals surface area contributed by atoms with E-state index in [-0.39, 0.29) is 24.3 Å². The Hall–Kier alpha value is -1.59. The van der Waals surface area contributed by atoms with Gasteiger partial charge in [0.2, 0.25) is 5.91 Å². The van der Waals surface area contributed by atoms with E-state index in [0.717, 1.165) is 25.7 Å². The van der Waals surface area contributed by atoms with Crippen molar-refractivity contribution >= 4 is 17.9 Å². The zero-order valence-corrected chi connectivity index (χ0v) is 11.3. The minimum absolute atomic E-state index is 0.0540. The Bertz CT molecular complexity index is 345. The second-order valence-electron chi connectivity index (χ2n) is 5.09. The molecule has 108 valence electrons. The van der Waals surface area contributed by atoms with Crippen LogP contribution in [0.1, 0.15) is 58.3 Å². The number of carboxylic acids is 1.